The Morgan fingerprint density at radius 3 is 2.96 bits per heavy atom. The highest BCUT2D eigenvalue weighted by Gasteiger charge is 2.33. The van der Waals surface area contributed by atoms with E-state index in [0.29, 0.717) is 36.5 Å². The third kappa shape index (κ3) is 2.63. The van der Waals surface area contributed by atoms with Gasteiger partial charge in [0.1, 0.15) is 12.2 Å². The van der Waals surface area contributed by atoms with Crippen LogP contribution in [0.3, 0.4) is 0 Å². The molecule has 7 heteroatoms. The maximum Gasteiger partial charge on any atom is 0.335 e. The number of nitrogens with zero attached hydrogens (tertiary/aromatic N) is 1. The minimum absolute atomic E-state index is 0.0958. The van der Waals surface area contributed by atoms with E-state index in [1.807, 2.05) is 6.92 Å². The topological polar surface area (TPSA) is 89.2 Å². The number of ether oxygens (including phenoxy) is 2. The van der Waals surface area contributed by atoms with E-state index in [9.17, 15) is 9.59 Å². The molecule has 0 saturated heterocycles. The van der Waals surface area contributed by atoms with Crippen molar-refractivity contribution in [3.8, 4) is 5.75 Å². The molecular weight excluding hydrogens is 302 g/mol. The maximum absolute atomic E-state index is 12.7. The van der Waals surface area contributed by atoms with Crippen molar-refractivity contribution >= 4 is 22.8 Å². The molecule has 1 aliphatic heterocycles. The average Bonchev–Trinajstić information content (AvgIpc) is 2.85. The number of hydrogen-bond acceptors (Lipinski definition) is 5. The van der Waals surface area contributed by atoms with Crippen LogP contribution in [0.2, 0.25) is 0 Å². The first-order valence-corrected chi connectivity index (χ1v) is 7.25. The zero-order chi connectivity index (χ0) is 16.6. The minimum atomic E-state index is -1.05. The number of hydrogen-bond donors (Lipinski definition) is 1. The van der Waals surface area contributed by atoms with Crippen molar-refractivity contribution in [1.29, 1.82) is 0 Å². The van der Waals surface area contributed by atoms with E-state index < -0.39 is 5.97 Å². The number of carboxylic acids is 1. The van der Waals surface area contributed by atoms with Crippen LogP contribution in [-0.4, -0.2) is 54.8 Å². The predicted molar refractivity (Wildman–Crippen MR) is 81.0 cm³/mol. The molecule has 1 N–H and O–H groups in total. The zero-order valence-corrected chi connectivity index (χ0v) is 12.9. The van der Waals surface area contributed by atoms with Crippen molar-refractivity contribution in [3.05, 3.63) is 29.5 Å². The van der Waals surface area contributed by atoms with Crippen molar-refractivity contribution in [2.75, 3.05) is 26.9 Å². The van der Waals surface area contributed by atoms with E-state index in [0.717, 1.165) is 0 Å². The number of rotatable bonds is 4. The summed E-state index contributed by atoms with van der Waals surface area (Å²) in [5.41, 5.74) is 0.419. The second-order valence-electron chi connectivity index (χ2n) is 5.43. The Kier molecular flexibility index (Phi) is 3.96. The number of carbonyl (C=O) groups is 2. The van der Waals surface area contributed by atoms with E-state index in [4.69, 9.17) is 19.0 Å². The molecule has 3 rings (SSSR count). The lowest BCUT2D eigenvalue weighted by Gasteiger charge is -2.25. The summed E-state index contributed by atoms with van der Waals surface area (Å²) in [6.07, 6.45) is 0. The average molecular weight is 319 g/mol. The highest BCUT2D eigenvalue weighted by molar-refractivity contribution is 6.03. The van der Waals surface area contributed by atoms with E-state index in [1.54, 1.807) is 18.1 Å². The van der Waals surface area contributed by atoms with Crippen molar-refractivity contribution in [2.45, 2.75) is 13.0 Å². The third-order valence-corrected chi connectivity index (χ3v) is 3.88. The molecule has 0 saturated carbocycles. The lowest BCUT2D eigenvalue weighted by atomic mass is 10.1. The number of benzene rings is 1. The number of furan rings is 1. The Labute approximate surface area is 132 Å². The van der Waals surface area contributed by atoms with Crippen molar-refractivity contribution in [3.63, 3.8) is 0 Å². The van der Waals surface area contributed by atoms with Crippen LogP contribution in [0, 0.1) is 0 Å². The first-order chi connectivity index (χ1) is 11.0. The van der Waals surface area contributed by atoms with Gasteiger partial charge in [0.25, 0.3) is 5.91 Å². The number of methoxy groups -OCH3 is 1. The highest BCUT2D eigenvalue weighted by Crippen LogP contribution is 2.36. The standard InChI is InChI=1S/C16H17NO6/c1-9-8-22-13-11-4-3-10(16(19)20)7-12(11)23-14(13)15(18)17(9)5-6-21-2/h3-4,7,9H,5-6,8H2,1-2H3,(H,19,20)/t9-/m1/s1. The summed E-state index contributed by atoms with van der Waals surface area (Å²) in [6.45, 7) is 3.06. The molecule has 0 radical (unpaired) electrons. The smallest absolute Gasteiger partial charge is 0.335 e. The fraction of sp³-hybridized carbons (Fsp3) is 0.375. The van der Waals surface area contributed by atoms with Crippen molar-refractivity contribution < 1.29 is 28.6 Å². The highest BCUT2D eigenvalue weighted by atomic mass is 16.5. The first kappa shape index (κ1) is 15.4. The lowest BCUT2D eigenvalue weighted by Crippen LogP contribution is -2.41. The predicted octanol–water partition coefficient (Wildman–Crippen LogP) is 2.00. The van der Waals surface area contributed by atoms with E-state index >= 15 is 0 Å². The van der Waals surface area contributed by atoms with E-state index in [-0.39, 0.29) is 23.3 Å². The first-order valence-electron chi connectivity index (χ1n) is 7.25. The minimum Gasteiger partial charge on any atom is -0.487 e. The Morgan fingerprint density at radius 1 is 1.48 bits per heavy atom. The molecule has 23 heavy (non-hydrogen) atoms. The summed E-state index contributed by atoms with van der Waals surface area (Å²) >= 11 is 0. The lowest BCUT2D eigenvalue weighted by molar-refractivity contribution is 0.0574. The molecule has 0 bridgehead atoms. The van der Waals surface area contributed by atoms with Crippen LogP contribution in [0.4, 0.5) is 0 Å². The van der Waals surface area contributed by atoms with Crippen LogP contribution in [0.1, 0.15) is 27.8 Å². The summed E-state index contributed by atoms with van der Waals surface area (Å²) < 4.78 is 16.4. The summed E-state index contributed by atoms with van der Waals surface area (Å²) in [5, 5.41) is 9.65. The van der Waals surface area contributed by atoms with Crippen LogP contribution >= 0.6 is 0 Å². The molecule has 1 aliphatic rings. The molecule has 0 aliphatic carbocycles. The quantitative estimate of drug-likeness (QED) is 0.927. The molecule has 0 unspecified atom stereocenters. The molecule has 0 spiro atoms. The monoisotopic (exact) mass is 319 g/mol. The maximum atomic E-state index is 12.7. The van der Waals surface area contributed by atoms with E-state index in [1.165, 1.54) is 12.1 Å². The van der Waals surface area contributed by atoms with Crippen LogP contribution < -0.4 is 4.74 Å². The van der Waals surface area contributed by atoms with Gasteiger partial charge in [0, 0.05) is 13.7 Å². The van der Waals surface area contributed by atoms with Crippen molar-refractivity contribution in [2.24, 2.45) is 0 Å². The Morgan fingerprint density at radius 2 is 2.26 bits per heavy atom. The molecule has 1 aromatic heterocycles. The number of amides is 1. The van der Waals surface area contributed by atoms with Gasteiger partial charge < -0.3 is 23.9 Å². The second kappa shape index (κ2) is 5.92. The van der Waals surface area contributed by atoms with Crippen LogP contribution in [0.15, 0.2) is 22.6 Å². The molecular formula is C16H17NO6. The van der Waals surface area contributed by atoms with Gasteiger partial charge in [-0.25, -0.2) is 4.79 Å². The van der Waals surface area contributed by atoms with Crippen LogP contribution in [0.25, 0.3) is 11.0 Å². The fourth-order valence-corrected chi connectivity index (χ4v) is 2.63. The van der Waals surface area contributed by atoms with Gasteiger partial charge in [-0.3, -0.25) is 4.79 Å². The van der Waals surface area contributed by atoms with Gasteiger partial charge in [-0.2, -0.15) is 0 Å². The summed E-state index contributed by atoms with van der Waals surface area (Å²) in [5.74, 6) is -0.868. The zero-order valence-electron chi connectivity index (χ0n) is 12.9. The van der Waals surface area contributed by atoms with Gasteiger partial charge in [-0.1, -0.05) is 0 Å². The second-order valence-corrected chi connectivity index (χ2v) is 5.43. The van der Waals surface area contributed by atoms with Gasteiger partial charge in [-0.15, -0.1) is 0 Å². The molecule has 1 atom stereocenters. The molecule has 2 aromatic rings. The number of fused-ring (bicyclic) bond motifs is 3. The Bertz CT molecular complexity index is 765. The van der Waals surface area contributed by atoms with E-state index in [2.05, 4.69) is 0 Å². The van der Waals surface area contributed by atoms with Gasteiger partial charge >= 0.3 is 5.97 Å². The molecule has 1 aromatic carbocycles. The molecule has 2 heterocycles. The van der Waals surface area contributed by atoms with Gasteiger partial charge in [0.15, 0.2) is 5.75 Å². The van der Waals surface area contributed by atoms with Crippen molar-refractivity contribution in [1.82, 2.24) is 4.90 Å². The summed E-state index contributed by atoms with van der Waals surface area (Å²) in [4.78, 5) is 25.4. The van der Waals surface area contributed by atoms with Gasteiger partial charge in [0.2, 0.25) is 5.76 Å². The number of carbonyl (C=O) groups excluding carboxylic acids is 1. The largest absolute Gasteiger partial charge is 0.487 e. The Hall–Kier alpha value is -2.54. The number of aromatic carboxylic acids is 1. The summed E-state index contributed by atoms with van der Waals surface area (Å²) in [6, 6.07) is 4.34. The van der Waals surface area contributed by atoms with Crippen LogP contribution in [-0.2, 0) is 4.74 Å². The van der Waals surface area contributed by atoms with Crippen LogP contribution in [0.5, 0.6) is 5.75 Å². The SMILES string of the molecule is COCCN1C(=O)c2oc3cc(C(=O)O)ccc3c2OC[C@H]1C. The number of carboxylic acid groups (broad SMARTS) is 1. The molecule has 0 fully saturated rings. The molecule has 1 amide bonds. The summed E-state index contributed by atoms with van der Waals surface area (Å²) in [7, 11) is 1.57. The third-order valence-electron chi connectivity index (χ3n) is 3.88. The molecule has 7 nitrogen and oxygen atoms in total. The Balaban J connectivity index is 2.05. The normalized spacial score (nSPS) is 17.7. The fourth-order valence-electron chi connectivity index (χ4n) is 2.63. The molecule has 122 valence electrons. The van der Waals surface area contributed by atoms with Gasteiger partial charge in [-0.05, 0) is 25.1 Å². The van der Waals surface area contributed by atoms with Gasteiger partial charge in [0.05, 0.1) is 23.6 Å².